The van der Waals surface area contributed by atoms with E-state index in [4.69, 9.17) is 4.74 Å². The van der Waals surface area contributed by atoms with Crippen molar-refractivity contribution in [3.63, 3.8) is 0 Å². The van der Waals surface area contributed by atoms with E-state index in [9.17, 15) is 9.59 Å². The topological polar surface area (TPSA) is 53.1 Å². The summed E-state index contributed by atoms with van der Waals surface area (Å²) >= 11 is 0. The van der Waals surface area contributed by atoms with Crippen molar-refractivity contribution in [2.75, 3.05) is 33.4 Å². The molecule has 154 valence electrons. The molecular weight excluding hydrogens is 354 g/mol. The number of fused-ring (bicyclic) bond motifs is 1. The first-order valence-corrected chi connectivity index (χ1v) is 10.2. The molecule has 0 N–H and O–H groups in total. The van der Waals surface area contributed by atoms with Gasteiger partial charge in [-0.3, -0.25) is 4.79 Å². The Hall–Kier alpha value is -2.08. The van der Waals surface area contributed by atoms with Crippen LogP contribution in [0.2, 0.25) is 0 Å². The lowest BCUT2D eigenvalue weighted by molar-refractivity contribution is -0.143. The quantitative estimate of drug-likeness (QED) is 0.723. The molecule has 0 bridgehead atoms. The maximum absolute atomic E-state index is 13.3. The number of hydrogen-bond donors (Lipinski definition) is 0. The van der Waals surface area contributed by atoms with E-state index < -0.39 is 0 Å². The molecule has 0 aliphatic carbocycles. The second-order valence-corrected chi connectivity index (χ2v) is 8.58. The third-order valence-corrected chi connectivity index (χ3v) is 5.81. The van der Waals surface area contributed by atoms with Gasteiger partial charge in [-0.25, -0.2) is 4.79 Å². The van der Waals surface area contributed by atoms with Crippen LogP contribution in [0.15, 0.2) is 18.2 Å². The molecule has 2 atom stereocenters. The normalized spacial score (nSPS) is 22.4. The van der Waals surface area contributed by atoms with Gasteiger partial charge in [-0.1, -0.05) is 37.6 Å². The molecule has 0 spiro atoms. The number of carbonyl (C=O) groups is 2. The second-order valence-electron chi connectivity index (χ2n) is 8.58. The molecule has 6 heteroatoms. The Morgan fingerprint density at radius 3 is 2.54 bits per heavy atom. The summed E-state index contributed by atoms with van der Waals surface area (Å²) in [5.41, 5.74) is 3.57. The van der Waals surface area contributed by atoms with Crippen molar-refractivity contribution in [1.82, 2.24) is 14.7 Å². The molecule has 6 nitrogen and oxygen atoms in total. The number of nitrogens with zero attached hydrogens (tertiary/aromatic N) is 3. The molecule has 1 aromatic carbocycles. The van der Waals surface area contributed by atoms with Crippen molar-refractivity contribution in [1.29, 1.82) is 0 Å². The first kappa shape index (κ1) is 20.6. The van der Waals surface area contributed by atoms with Crippen LogP contribution in [0.4, 0.5) is 4.79 Å². The van der Waals surface area contributed by atoms with E-state index in [1.807, 2.05) is 14.7 Å². The fourth-order valence-corrected chi connectivity index (χ4v) is 4.32. The standard InChI is InChI=1S/C22H33N3O3/c1-15(2)10-20-21(26)23(8-9-28-5)13-19-14-24(22(27)25(19)20)12-18-11-16(3)6-7-17(18)4/h6-7,11,15,19-20H,8-10,12-14H2,1-5H3/t19-,20-/m0/s1. The molecular formula is C22H33N3O3. The van der Waals surface area contributed by atoms with Gasteiger partial charge in [0, 0.05) is 33.3 Å². The molecule has 0 radical (unpaired) electrons. The first-order chi connectivity index (χ1) is 13.3. The van der Waals surface area contributed by atoms with Gasteiger partial charge >= 0.3 is 6.03 Å². The van der Waals surface area contributed by atoms with E-state index in [0.29, 0.717) is 45.1 Å². The number of benzene rings is 1. The first-order valence-electron chi connectivity index (χ1n) is 10.2. The summed E-state index contributed by atoms with van der Waals surface area (Å²) in [4.78, 5) is 32.0. The Balaban J connectivity index is 1.82. The molecule has 0 unspecified atom stereocenters. The van der Waals surface area contributed by atoms with Crippen LogP contribution in [-0.4, -0.2) is 72.1 Å². The van der Waals surface area contributed by atoms with E-state index in [1.165, 1.54) is 16.7 Å². The third-order valence-electron chi connectivity index (χ3n) is 5.81. The maximum Gasteiger partial charge on any atom is 0.321 e. The van der Waals surface area contributed by atoms with Crippen molar-refractivity contribution in [3.8, 4) is 0 Å². The highest BCUT2D eigenvalue weighted by molar-refractivity contribution is 5.90. The van der Waals surface area contributed by atoms with Gasteiger partial charge in [0.05, 0.1) is 12.6 Å². The predicted octanol–water partition coefficient (Wildman–Crippen LogP) is 2.81. The smallest absolute Gasteiger partial charge is 0.321 e. The fourth-order valence-electron chi connectivity index (χ4n) is 4.32. The minimum absolute atomic E-state index is 0.00343. The van der Waals surface area contributed by atoms with Crippen LogP contribution in [-0.2, 0) is 16.1 Å². The fraction of sp³-hybridized carbons (Fsp3) is 0.636. The zero-order valence-electron chi connectivity index (χ0n) is 17.8. The average Bonchev–Trinajstić information content (AvgIpc) is 2.94. The summed E-state index contributed by atoms with van der Waals surface area (Å²) in [7, 11) is 1.65. The van der Waals surface area contributed by atoms with Gasteiger partial charge in [-0.15, -0.1) is 0 Å². The number of hydrogen-bond acceptors (Lipinski definition) is 3. The zero-order chi connectivity index (χ0) is 20.4. The second kappa shape index (κ2) is 8.52. The van der Waals surface area contributed by atoms with Gasteiger partial charge in [-0.05, 0) is 37.3 Å². The van der Waals surface area contributed by atoms with Gasteiger partial charge in [0.15, 0.2) is 0 Å². The Morgan fingerprint density at radius 2 is 1.86 bits per heavy atom. The zero-order valence-corrected chi connectivity index (χ0v) is 17.8. The number of urea groups is 1. The molecule has 28 heavy (non-hydrogen) atoms. The third kappa shape index (κ3) is 4.17. The van der Waals surface area contributed by atoms with Crippen molar-refractivity contribution in [2.45, 2.75) is 52.7 Å². The molecule has 3 rings (SSSR count). The van der Waals surface area contributed by atoms with E-state index >= 15 is 0 Å². The van der Waals surface area contributed by atoms with Gasteiger partial charge < -0.3 is 19.4 Å². The number of aryl methyl sites for hydroxylation is 2. The monoisotopic (exact) mass is 387 g/mol. The highest BCUT2D eigenvalue weighted by Gasteiger charge is 2.49. The summed E-state index contributed by atoms with van der Waals surface area (Å²) in [5, 5.41) is 0. The molecule has 0 aromatic heterocycles. The lowest BCUT2D eigenvalue weighted by Gasteiger charge is -2.42. The van der Waals surface area contributed by atoms with Crippen LogP contribution in [0.25, 0.3) is 0 Å². The van der Waals surface area contributed by atoms with Crippen LogP contribution in [0.3, 0.4) is 0 Å². The predicted molar refractivity (Wildman–Crippen MR) is 109 cm³/mol. The Kier molecular flexibility index (Phi) is 6.28. The molecule has 2 heterocycles. The number of carbonyl (C=O) groups excluding carboxylic acids is 2. The number of methoxy groups -OCH3 is 1. The van der Waals surface area contributed by atoms with E-state index in [1.54, 1.807) is 7.11 Å². The molecule has 2 fully saturated rings. The average molecular weight is 388 g/mol. The number of piperazine rings is 1. The molecule has 0 saturated carbocycles. The van der Waals surface area contributed by atoms with E-state index in [-0.39, 0.29) is 24.0 Å². The summed E-state index contributed by atoms with van der Waals surface area (Å²) in [5.74, 6) is 0.404. The van der Waals surface area contributed by atoms with Gasteiger partial charge in [0.1, 0.15) is 6.04 Å². The number of ether oxygens (including phenoxy) is 1. The largest absolute Gasteiger partial charge is 0.383 e. The summed E-state index contributed by atoms with van der Waals surface area (Å²) in [6.45, 7) is 11.3. The highest BCUT2D eigenvalue weighted by Crippen LogP contribution is 2.30. The minimum atomic E-state index is -0.369. The lowest BCUT2D eigenvalue weighted by atomic mass is 9.97. The minimum Gasteiger partial charge on any atom is -0.383 e. The lowest BCUT2D eigenvalue weighted by Crippen LogP contribution is -2.61. The van der Waals surface area contributed by atoms with Crippen LogP contribution in [0, 0.1) is 19.8 Å². The van der Waals surface area contributed by atoms with Crippen molar-refractivity contribution in [2.24, 2.45) is 5.92 Å². The highest BCUT2D eigenvalue weighted by atomic mass is 16.5. The Labute approximate surface area is 168 Å². The number of amides is 3. The van der Waals surface area contributed by atoms with Crippen molar-refractivity contribution >= 4 is 11.9 Å². The SMILES string of the molecule is COCCN1C[C@H]2CN(Cc3cc(C)ccc3C)C(=O)N2[C@@H](CC(C)C)C1=O. The molecule has 2 saturated heterocycles. The summed E-state index contributed by atoms with van der Waals surface area (Å²) in [6, 6.07) is 6.04. The van der Waals surface area contributed by atoms with E-state index in [0.717, 1.165) is 0 Å². The van der Waals surface area contributed by atoms with Crippen LogP contribution in [0.5, 0.6) is 0 Å². The van der Waals surface area contributed by atoms with Crippen molar-refractivity contribution in [3.05, 3.63) is 34.9 Å². The molecule has 1 aromatic rings. The van der Waals surface area contributed by atoms with Gasteiger partial charge in [-0.2, -0.15) is 0 Å². The van der Waals surface area contributed by atoms with Crippen LogP contribution < -0.4 is 0 Å². The summed E-state index contributed by atoms with van der Waals surface area (Å²) in [6.07, 6.45) is 0.696. The number of rotatable bonds is 7. The molecule has 2 aliphatic rings. The maximum atomic E-state index is 13.3. The molecule has 3 amide bonds. The Morgan fingerprint density at radius 1 is 1.14 bits per heavy atom. The summed E-state index contributed by atoms with van der Waals surface area (Å²) < 4.78 is 5.18. The molecule has 2 aliphatic heterocycles. The van der Waals surface area contributed by atoms with Gasteiger partial charge in [0.2, 0.25) is 5.91 Å². The van der Waals surface area contributed by atoms with Crippen LogP contribution in [0.1, 0.15) is 37.0 Å². The van der Waals surface area contributed by atoms with Crippen LogP contribution >= 0.6 is 0 Å². The van der Waals surface area contributed by atoms with Crippen molar-refractivity contribution < 1.29 is 14.3 Å². The Bertz CT molecular complexity index is 734. The van der Waals surface area contributed by atoms with E-state index in [2.05, 4.69) is 45.9 Å². The van der Waals surface area contributed by atoms with Gasteiger partial charge in [0.25, 0.3) is 0 Å².